The zero-order valence-electron chi connectivity index (χ0n) is 12.2. The predicted octanol–water partition coefficient (Wildman–Crippen LogP) is 4.46. The van der Waals surface area contributed by atoms with Gasteiger partial charge >= 0.3 is 0 Å². The molecule has 0 fully saturated rings. The highest BCUT2D eigenvalue weighted by Crippen LogP contribution is 2.51. The average molecular weight is 274 g/mol. The van der Waals surface area contributed by atoms with Gasteiger partial charge in [0.15, 0.2) is 5.78 Å². The number of allylic oxidation sites excluding steroid dienone is 2. The molecule has 0 radical (unpaired) electrons. The van der Waals surface area contributed by atoms with Crippen molar-refractivity contribution in [3.63, 3.8) is 0 Å². The van der Waals surface area contributed by atoms with E-state index < -0.39 is 0 Å². The Morgan fingerprint density at radius 2 is 1.62 bits per heavy atom. The smallest absolute Gasteiger partial charge is 0.173 e. The molecule has 1 unspecified atom stereocenters. The summed E-state index contributed by atoms with van der Waals surface area (Å²) in [6, 6.07) is 16.6. The zero-order valence-corrected chi connectivity index (χ0v) is 12.2. The second kappa shape index (κ2) is 4.42. The molecule has 0 saturated carbocycles. The molecule has 1 heteroatoms. The number of carbonyl (C=O) groups excluding carboxylic acids is 1. The van der Waals surface area contributed by atoms with Crippen molar-refractivity contribution in [3.8, 4) is 0 Å². The van der Waals surface area contributed by atoms with Crippen LogP contribution >= 0.6 is 0 Å². The molecular weight excluding hydrogens is 256 g/mol. The van der Waals surface area contributed by atoms with Crippen LogP contribution in [0.15, 0.2) is 54.6 Å². The van der Waals surface area contributed by atoms with E-state index in [0.29, 0.717) is 5.78 Å². The number of fused-ring (bicyclic) bond motifs is 2. The third-order valence-electron chi connectivity index (χ3n) is 5.14. The van der Waals surface area contributed by atoms with E-state index in [1.165, 1.54) is 22.3 Å². The van der Waals surface area contributed by atoms with Crippen molar-refractivity contribution in [1.82, 2.24) is 0 Å². The first kappa shape index (κ1) is 12.6. The summed E-state index contributed by atoms with van der Waals surface area (Å²) >= 11 is 0. The van der Waals surface area contributed by atoms with Crippen LogP contribution in [0.3, 0.4) is 0 Å². The number of Topliss-reactive ketones (excluding diaryl/α,β-unsaturated/α-hetero) is 1. The van der Waals surface area contributed by atoms with Gasteiger partial charge in [-0.1, -0.05) is 61.5 Å². The van der Waals surface area contributed by atoms with E-state index in [0.717, 1.165) is 24.8 Å². The van der Waals surface area contributed by atoms with Crippen LogP contribution in [-0.2, 0) is 12.8 Å². The quantitative estimate of drug-likeness (QED) is 0.790. The van der Waals surface area contributed by atoms with Crippen molar-refractivity contribution in [3.05, 3.63) is 76.9 Å². The Kier molecular flexibility index (Phi) is 2.65. The number of carbonyl (C=O) groups is 1. The summed E-state index contributed by atoms with van der Waals surface area (Å²) in [6.07, 6.45) is 4.94. The maximum Gasteiger partial charge on any atom is 0.173 e. The molecule has 0 heterocycles. The Balaban J connectivity index is 1.87. The van der Waals surface area contributed by atoms with Gasteiger partial charge < -0.3 is 0 Å². The number of hydrogen-bond acceptors (Lipinski definition) is 1. The predicted molar refractivity (Wildman–Crippen MR) is 85.3 cm³/mol. The third kappa shape index (κ3) is 1.61. The van der Waals surface area contributed by atoms with Crippen LogP contribution in [0.4, 0.5) is 0 Å². The molecule has 2 aromatic rings. The standard InChI is InChI=1S/C20H18O/c1-2-20(13-15-8-4-6-10-17(15)19(20)21)18-12-11-14-7-3-5-9-16(14)18/h3-10,12H,2,11,13H2,1H3. The van der Waals surface area contributed by atoms with Crippen molar-refractivity contribution in [1.29, 1.82) is 0 Å². The molecule has 0 aromatic heterocycles. The number of ketones is 1. The Morgan fingerprint density at radius 1 is 0.952 bits per heavy atom. The van der Waals surface area contributed by atoms with Crippen molar-refractivity contribution in [2.75, 3.05) is 0 Å². The van der Waals surface area contributed by atoms with Gasteiger partial charge in [0.2, 0.25) is 0 Å². The van der Waals surface area contributed by atoms with Gasteiger partial charge in [-0.2, -0.15) is 0 Å². The molecule has 2 aliphatic carbocycles. The van der Waals surface area contributed by atoms with E-state index in [1.54, 1.807) is 0 Å². The SMILES string of the molecule is CCC1(C2=CCc3ccccc32)Cc2ccccc2C1=O. The lowest BCUT2D eigenvalue weighted by Gasteiger charge is -2.28. The van der Waals surface area contributed by atoms with Crippen LogP contribution < -0.4 is 0 Å². The lowest BCUT2D eigenvalue weighted by atomic mass is 9.72. The molecule has 4 rings (SSSR count). The fourth-order valence-corrected chi connectivity index (χ4v) is 3.99. The van der Waals surface area contributed by atoms with Crippen LogP contribution in [-0.4, -0.2) is 5.78 Å². The molecule has 0 saturated heterocycles. The van der Waals surface area contributed by atoms with Gasteiger partial charge in [0.05, 0.1) is 5.41 Å². The summed E-state index contributed by atoms with van der Waals surface area (Å²) in [5.41, 5.74) is 5.65. The van der Waals surface area contributed by atoms with Gasteiger partial charge in [0.1, 0.15) is 0 Å². The summed E-state index contributed by atoms with van der Waals surface area (Å²) in [5.74, 6) is 0.309. The fraction of sp³-hybridized carbons (Fsp3) is 0.250. The van der Waals surface area contributed by atoms with Gasteiger partial charge in [-0.15, -0.1) is 0 Å². The molecule has 104 valence electrons. The minimum absolute atomic E-state index is 0.309. The first-order valence-corrected chi connectivity index (χ1v) is 7.68. The number of benzene rings is 2. The summed E-state index contributed by atoms with van der Waals surface area (Å²) < 4.78 is 0. The minimum atomic E-state index is -0.351. The van der Waals surface area contributed by atoms with Gasteiger partial charge in [-0.05, 0) is 41.5 Å². The van der Waals surface area contributed by atoms with E-state index in [-0.39, 0.29) is 5.41 Å². The summed E-state index contributed by atoms with van der Waals surface area (Å²) in [5, 5.41) is 0. The molecule has 0 bridgehead atoms. The maximum absolute atomic E-state index is 13.1. The van der Waals surface area contributed by atoms with Crippen molar-refractivity contribution < 1.29 is 4.79 Å². The molecule has 1 atom stereocenters. The van der Waals surface area contributed by atoms with Crippen molar-refractivity contribution in [2.24, 2.45) is 5.41 Å². The Hall–Kier alpha value is -2.15. The van der Waals surface area contributed by atoms with E-state index in [9.17, 15) is 4.79 Å². The van der Waals surface area contributed by atoms with Gasteiger partial charge in [-0.3, -0.25) is 4.79 Å². The van der Waals surface area contributed by atoms with E-state index in [1.807, 2.05) is 18.2 Å². The molecular formula is C20H18O. The highest BCUT2D eigenvalue weighted by atomic mass is 16.1. The first-order valence-electron chi connectivity index (χ1n) is 7.68. The van der Waals surface area contributed by atoms with Crippen LogP contribution in [0.5, 0.6) is 0 Å². The monoisotopic (exact) mass is 274 g/mol. The topological polar surface area (TPSA) is 17.1 Å². The average Bonchev–Trinajstić information content (AvgIpc) is 3.08. The number of hydrogen-bond donors (Lipinski definition) is 0. The van der Waals surface area contributed by atoms with Gasteiger partial charge in [0.25, 0.3) is 0 Å². The Morgan fingerprint density at radius 3 is 2.33 bits per heavy atom. The molecule has 0 aliphatic heterocycles. The highest BCUT2D eigenvalue weighted by Gasteiger charge is 2.47. The van der Waals surface area contributed by atoms with Gasteiger partial charge in [-0.25, -0.2) is 0 Å². The van der Waals surface area contributed by atoms with Crippen molar-refractivity contribution in [2.45, 2.75) is 26.2 Å². The lowest BCUT2D eigenvalue weighted by molar-refractivity contribution is 0.0881. The van der Waals surface area contributed by atoms with E-state index in [2.05, 4.69) is 43.3 Å². The maximum atomic E-state index is 13.1. The highest BCUT2D eigenvalue weighted by molar-refractivity contribution is 6.12. The summed E-state index contributed by atoms with van der Waals surface area (Å²) in [6.45, 7) is 2.14. The number of rotatable bonds is 2. The van der Waals surface area contributed by atoms with Gasteiger partial charge in [0, 0.05) is 5.56 Å². The second-order valence-electron chi connectivity index (χ2n) is 6.08. The molecule has 1 nitrogen and oxygen atoms in total. The Bertz CT molecular complexity index is 769. The molecule has 0 amide bonds. The normalized spacial score (nSPS) is 22.9. The van der Waals surface area contributed by atoms with Crippen LogP contribution in [0, 0.1) is 5.41 Å². The summed E-state index contributed by atoms with van der Waals surface area (Å²) in [4.78, 5) is 13.1. The van der Waals surface area contributed by atoms with Crippen molar-refractivity contribution >= 4 is 11.4 Å². The molecule has 0 N–H and O–H groups in total. The zero-order chi connectivity index (χ0) is 14.4. The van der Waals surface area contributed by atoms with Crippen LogP contribution in [0.25, 0.3) is 5.57 Å². The van der Waals surface area contributed by atoms with Crippen LogP contribution in [0.2, 0.25) is 0 Å². The van der Waals surface area contributed by atoms with E-state index >= 15 is 0 Å². The third-order valence-corrected chi connectivity index (χ3v) is 5.14. The first-order chi connectivity index (χ1) is 10.3. The lowest BCUT2D eigenvalue weighted by Crippen LogP contribution is -2.28. The van der Waals surface area contributed by atoms with E-state index in [4.69, 9.17) is 0 Å². The molecule has 2 aliphatic rings. The second-order valence-corrected chi connectivity index (χ2v) is 6.08. The molecule has 2 aromatic carbocycles. The largest absolute Gasteiger partial charge is 0.293 e. The summed E-state index contributed by atoms with van der Waals surface area (Å²) in [7, 11) is 0. The molecule has 21 heavy (non-hydrogen) atoms. The molecule has 0 spiro atoms. The fourth-order valence-electron chi connectivity index (χ4n) is 3.99. The van der Waals surface area contributed by atoms with Crippen LogP contribution in [0.1, 0.15) is 40.4 Å². The minimum Gasteiger partial charge on any atom is -0.293 e. The Labute approximate surface area is 125 Å².